The van der Waals surface area contributed by atoms with Crippen molar-refractivity contribution in [2.24, 2.45) is 5.73 Å². The topological polar surface area (TPSA) is 38.5 Å². The van der Waals surface area contributed by atoms with Gasteiger partial charge >= 0.3 is 0 Å². The molecule has 0 spiro atoms. The summed E-state index contributed by atoms with van der Waals surface area (Å²) >= 11 is 3.49. The van der Waals surface area contributed by atoms with Gasteiger partial charge in [-0.25, -0.2) is 0 Å². The summed E-state index contributed by atoms with van der Waals surface area (Å²) in [6, 6.07) is 8.81. The smallest absolute Gasteiger partial charge is 0.0702 e. The lowest BCUT2D eigenvalue weighted by atomic mass is 10.0. The largest absolute Gasteiger partial charge is 0.377 e. The van der Waals surface area contributed by atoms with Crippen LogP contribution in [0.5, 0.6) is 0 Å². The fourth-order valence-electron chi connectivity index (χ4n) is 2.85. The maximum atomic E-state index is 6.03. The first-order chi connectivity index (χ1) is 9.74. The van der Waals surface area contributed by atoms with Crippen molar-refractivity contribution in [1.29, 1.82) is 0 Å². The highest BCUT2D eigenvalue weighted by molar-refractivity contribution is 9.10. The van der Waals surface area contributed by atoms with E-state index < -0.39 is 0 Å². The third-order valence-electron chi connectivity index (χ3n) is 3.89. The van der Waals surface area contributed by atoms with Crippen molar-refractivity contribution in [3.05, 3.63) is 34.3 Å². The second-order valence-electron chi connectivity index (χ2n) is 5.43. The number of ether oxygens (including phenoxy) is 1. The minimum Gasteiger partial charge on any atom is -0.377 e. The van der Waals surface area contributed by atoms with Gasteiger partial charge in [0.15, 0.2) is 0 Å². The van der Waals surface area contributed by atoms with Crippen LogP contribution in [0.3, 0.4) is 0 Å². The molecule has 0 saturated carbocycles. The molecular formula is C16H25BrN2O. The van der Waals surface area contributed by atoms with E-state index in [1.165, 1.54) is 18.4 Å². The molecule has 4 heteroatoms. The van der Waals surface area contributed by atoms with Gasteiger partial charge in [0.1, 0.15) is 0 Å². The third kappa shape index (κ3) is 4.29. The van der Waals surface area contributed by atoms with Crippen LogP contribution in [0.25, 0.3) is 0 Å². The summed E-state index contributed by atoms with van der Waals surface area (Å²) in [6.45, 7) is 5.79. The van der Waals surface area contributed by atoms with Crippen molar-refractivity contribution in [1.82, 2.24) is 4.90 Å². The van der Waals surface area contributed by atoms with E-state index in [1.54, 1.807) is 0 Å². The number of hydrogen-bond donors (Lipinski definition) is 1. The lowest BCUT2D eigenvalue weighted by Crippen LogP contribution is -2.44. The number of halogens is 1. The number of likely N-dealkylation sites (tertiary alicyclic amines) is 1. The fraction of sp³-hybridized carbons (Fsp3) is 0.625. The van der Waals surface area contributed by atoms with Gasteiger partial charge in [-0.3, -0.25) is 4.90 Å². The van der Waals surface area contributed by atoms with E-state index in [-0.39, 0.29) is 0 Å². The number of nitrogens with two attached hydrogens (primary N) is 1. The van der Waals surface area contributed by atoms with Gasteiger partial charge in [0.2, 0.25) is 0 Å². The molecule has 0 aromatic heterocycles. The Morgan fingerprint density at radius 3 is 2.80 bits per heavy atom. The number of piperidine rings is 1. The summed E-state index contributed by atoms with van der Waals surface area (Å²) in [4.78, 5) is 2.48. The van der Waals surface area contributed by atoms with Crippen molar-refractivity contribution < 1.29 is 4.74 Å². The third-order valence-corrected chi connectivity index (χ3v) is 4.41. The molecular weight excluding hydrogens is 316 g/mol. The van der Waals surface area contributed by atoms with E-state index in [2.05, 4.69) is 52.0 Å². The molecule has 1 aromatic rings. The maximum absolute atomic E-state index is 6.03. The molecule has 1 aromatic carbocycles. The Hall–Kier alpha value is -0.420. The summed E-state index contributed by atoms with van der Waals surface area (Å²) < 4.78 is 7.03. The highest BCUT2D eigenvalue weighted by Crippen LogP contribution is 2.26. The van der Waals surface area contributed by atoms with Crippen LogP contribution in [-0.4, -0.2) is 37.2 Å². The molecule has 1 aliphatic heterocycles. The molecule has 20 heavy (non-hydrogen) atoms. The molecule has 0 radical (unpaired) electrons. The van der Waals surface area contributed by atoms with Gasteiger partial charge in [0.05, 0.1) is 6.10 Å². The van der Waals surface area contributed by atoms with E-state index in [0.717, 1.165) is 30.6 Å². The van der Waals surface area contributed by atoms with Crippen LogP contribution < -0.4 is 5.73 Å². The highest BCUT2D eigenvalue weighted by Gasteiger charge is 2.26. The van der Waals surface area contributed by atoms with Crippen LogP contribution in [0.1, 0.15) is 37.8 Å². The van der Waals surface area contributed by atoms with Crippen LogP contribution in [0.4, 0.5) is 0 Å². The van der Waals surface area contributed by atoms with Gasteiger partial charge in [-0.15, -0.1) is 0 Å². The van der Waals surface area contributed by atoms with Crippen LogP contribution in [0, 0.1) is 0 Å². The van der Waals surface area contributed by atoms with E-state index in [4.69, 9.17) is 10.5 Å². The minimum atomic E-state index is 0.302. The molecule has 2 rings (SSSR count). The summed E-state index contributed by atoms with van der Waals surface area (Å²) in [5.41, 5.74) is 7.32. The standard InChI is InChI=1S/C16H25BrN2O/c1-2-10-20-15-4-3-9-19(12-15)16(11-18)13-5-7-14(17)8-6-13/h5-8,15-16H,2-4,9-12,18H2,1H3. The predicted octanol–water partition coefficient (Wildman–Crippen LogP) is 3.34. The number of rotatable bonds is 6. The van der Waals surface area contributed by atoms with E-state index in [1.807, 2.05) is 0 Å². The van der Waals surface area contributed by atoms with Gasteiger partial charge in [0.25, 0.3) is 0 Å². The van der Waals surface area contributed by atoms with Crippen LogP contribution >= 0.6 is 15.9 Å². The van der Waals surface area contributed by atoms with Gasteiger partial charge in [-0.05, 0) is 43.5 Å². The first kappa shape index (κ1) is 16.0. The van der Waals surface area contributed by atoms with Gasteiger partial charge in [-0.1, -0.05) is 35.0 Å². The summed E-state index contributed by atoms with van der Waals surface area (Å²) in [6.07, 6.45) is 3.83. The van der Waals surface area contributed by atoms with Gasteiger partial charge < -0.3 is 10.5 Å². The molecule has 1 saturated heterocycles. The Labute approximate surface area is 130 Å². The van der Waals surface area contributed by atoms with Crippen molar-refractivity contribution in [2.75, 3.05) is 26.2 Å². The van der Waals surface area contributed by atoms with Crippen molar-refractivity contribution in [2.45, 2.75) is 38.3 Å². The molecule has 2 unspecified atom stereocenters. The average molecular weight is 341 g/mol. The molecule has 112 valence electrons. The lowest BCUT2D eigenvalue weighted by Gasteiger charge is -2.38. The number of hydrogen-bond acceptors (Lipinski definition) is 3. The quantitative estimate of drug-likeness (QED) is 0.862. The van der Waals surface area contributed by atoms with Gasteiger partial charge in [0, 0.05) is 30.2 Å². The SMILES string of the molecule is CCCOC1CCCN(C(CN)c2ccc(Br)cc2)C1. The zero-order valence-electron chi connectivity index (χ0n) is 12.2. The summed E-state index contributed by atoms with van der Waals surface area (Å²) in [5, 5.41) is 0. The van der Waals surface area contributed by atoms with Crippen LogP contribution in [-0.2, 0) is 4.74 Å². The molecule has 2 atom stereocenters. The second-order valence-corrected chi connectivity index (χ2v) is 6.35. The molecule has 1 heterocycles. The zero-order chi connectivity index (χ0) is 14.4. The maximum Gasteiger partial charge on any atom is 0.0702 e. The van der Waals surface area contributed by atoms with Crippen molar-refractivity contribution in [3.8, 4) is 0 Å². The Kier molecular flexibility index (Phi) is 6.49. The highest BCUT2D eigenvalue weighted by atomic mass is 79.9. The zero-order valence-corrected chi connectivity index (χ0v) is 13.8. The predicted molar refractivity (Wildman–Crippen MR) is 86.8 cm³/mol. The van der Waals surface area contributed by atoms with Crippen LogP contribution in [0.2, 0.25) is 0 Å². The molecule has 0 aliphatic carbocycles. The molecule has 1 fully saturated rings. The molecule has 2 N–H and O–H groups in total. The van der Waals surface area contributed by atoms with Crippen molar-refractivity contribution >= 4 is 15.9 Å². The summed E-state index contributed by atoms with van der Waals surface area (Å²) in [7, 11) is 0. The number of benzene rings is 1. The van der Waals surface area contributed by atoms with E-state index >= 15 is 0 Å². The average Bonchev–Trinajstić information content (AvgIpc) is 2.48. The fourth-order valence-corrected chi connectivity index (χ4v) is 3.12. The molecule has 3 nitrogen and oxygen atoms in total. The van der Waals surface area contributed by atoms with Crippen LogP contribution in [0.15, 0.2) is 28.7 Å². The monoisotopic (exact) mass is 340 g/mol. The summed E-state index contributed by atoms with van der Waals surface area (Å²) in [5.74, 6) is 0. The Bertz CT molecular complexity index is 396. The Morgan fingerprint density at radius 1 is 1.40 bits per heavy atom. The normalized spacial score (nSPS) is 21.9. The van der Waals surface area contributed by atoms with E-state index in [0.29, 0.717) is 18.7 Å². The number of nitrogens with zero attached hydrogens (tertiary/aromatic N) is 1. The van der Waals surface area contributed by atoms with Gasteiger partial charge in [-0.2, -0.15) is 0 Å². The van der Waals surface area contributed by atoms with E-state index in [9.17, 15) is 0 Å². The minimum absolute atomic E-state index is 0.302. The Balaban J connectivity index is 2.01. The first-order valence-corrected chi connectivity index (χ1v) is 8.35. The molecule has 1 aliphatic rings. The first-order valence-electron chi connectivity index (χ1n) is 7.55. The molecule has 0 amide bonds. The lowest BCUT2D eigenvalue weighted by molar-refractivity contribution is -0.0118. The second kappa shape index (κ2) is 8.13. The molecule has 0 bridgehead atoms. The van der Waals surface area contributed by atoms with Crippen molar-refractivity contribution in [3.63, 3.8) is 0 Å². The Morgan fingerprint density at radius 2 is 2.15 bits per heavy atom.